The second-order valence-corrected chi connectivity index (χ2v) is 3.12. The van der Waals surface area contributed by atoms with Crippen LogP contribution in [0.25, 0.3) is 0 Å². The number of rotatable bonds is 2. The maximum Gasteiger partial charge on any atom is 0.338 e. The van der Waals surface area contributed by atoms with E-state index in [9.17, 15) is 4.79 Å². The Hall–Kier alpha value is -1.46. The lowest BCUT2D eigenvalue weighted by Gasteiger charge is -2.22. The van der Waals surface area contributed by atoms with Crippen molar-refractivity contribution in [3.05, 3.63) is 30.1 Å². The van der Waals surface area contributed by atoms with Gasteiger partial charge in [0.05, 0.1) is 18.8 Å². The first-order valence-corrected chi connectivity index (χ1v) is 4.63. The first-order valence-electron chi connectivity index (χ1n) is 4.63. The number of hydrogen-bond donors (Lipinski definition) is 0. The van der Waals surface area contributed by atoms with Gasteiger partial charge in [0.15, 0.2) is 0 Å². The largest absolute Gasteiger partial charge is 0.454 e. The van der Waals surface area contributed by atoms with E-state index in [1.807, 2.05) is 0 Å². The second-order valence-electron chi connectivity index (χ2n) is 3.12. The summed E-state index contributed by atoms with van der Waals surface area (Å²) in [5, 5.41) is 0. The molecule has 0 bridgehead atoms. The van der Waals surface area contributed by atoms with E-state index in [0.29, 0.717) is 18.8 Å². The SMILES string of the molecule is O=C(OC1COCOC1)c1ccncc1. The van der Waals surface area contributed by atoms with Crippen LogP contribution in [0.1, 0.15) is 10.4 Å². The Labute approximate surface area is 87.0 Å². The highest BCUT2D eigenvalue weighted by Crippen LogP contribution is 2.06. The molecule has 1 aliphatic heterocycles. The average molecular weight is 209 g/mol. The molecule has 1 aliphatic rings. The second kappa shape index (κ2) is 4.86. The molecule has 2 rings (SSSR count). The van der Waals surface area contributed by atoms with Crippen LogP contribution in [0.4, 0.5) is 0 Å². The van der Waals surface area contributed by atoms with E-state index in [1.54, 1.807) is 24.5 Å². The van der Waals surface area contributed by atoms with Crippen LogP contribution in [0.15, 0.2) is 24.5 Å². The standard InChI is InChI=1S/C10H11NO4/c12-10(8-1-3-11-4-2-8)15-9-5-13-7-14-6-9/h1-4,9H,5-7H2. The lowest BCUT2D eigenvalue weighted by atomic mass is 10.3. The Morgan fingerprint density at radius 1 is 1.33 bits per heavy atom. The van der Waals surface area contributed by atoms with Gasteiger partial charge in [-0.2, -0.15) is 0 Å². The maximum atomic E-state index is 11.6. The zero-order valence-electron chi connectivity index (χ0n) is 8.09. The van der Waals surface area contributed by atoms with Crippen molar-refractivity contribution in [2.45, 2.75) is 6.10 Å². The predicted molar refractivity (Wildman–Crippen MR) is 50.2 cm³/mol. The van der Waals surface area contributed by atoms with Crippen molar-refractivity contribution in [3.8, 4) is 0 Å². The summed E-state index contributed by atoms with van der Waals surface area (Å²) in [6.45, 7) is 1.04. The number of aromatic nitrogens is 1. The molecule has 0 aromatic carbocycles. The summed E-state index contributed by atoms with van der Waals surface area (Å²) < 4.78 is 15.2. The summed E-state index contributed by atoms with van der Waals surface area (Å²) in [5.41, 5.74) is 0.482. The van der Waals surface area contributed by atoms with Crippen LogP contribution in [-0.4, -0.2) is 37.1 Å². The molecule has 0 atom stereocenters. The number of carbonyl (C=O) groups excluding carboxylic acids is 1. The molecule has 2 heterocycles. The average Bonchev–Trinajstić information content (AvgIpc) is 2.31. The van der Waals surface area contributed by atoms with E-state index in [2.05, 4.69) is 4.98 Å². The van der Waals surface area contributed by atoms with Crippen LogP contribution in [0.2, 0.25) is 0 Å². The van der Waals surface area contributed by atoms with Crippen molar-refractivity contribution in [2.24, 2.45) is 0 Å². The molecular formula is C10H11NO4. The topological polar surface area (TPSA) is 57.7 Å². The molecule has 5 nitrogen and oxygen atoms in total. The van der Waals surface area contributed by atoms with Crippen LogP contribution in [0.5, 0.6) is 0 Å². The van der Waals surface area contributed by atoms with Gasteiger partial charge in [0.2, 0.25) is 0 Å². The molecule has 0 radical (unpaired) electrons. The first kappa shape index (κ1) is 10.1. The van der Waals surface area contributed by atoms with Gasteiger partial charge in [-0.05, 0) is 12.1 Å². The summed E-state index contributed by atoms with van der Waals surface area (Å²) in [4.78, 5) is 15.4. The lowest BCUT2D eigenvalue weighted by molar-refractivity contribution is -0.153. The molecule has 1 fully saturated rings. The fraction of sp³-hybridized carbons (Fsp3) is 0.400. The number of ether oxygens (including phenoxy) is 3. The number of carbonyl (C=O) groups is 1. The molecule has 0 spiro atoms. The van der Waals surface area contributed by atoms with E-state index < -0.39 is 0 Å². The minimum atomic E-state index is -0.378. The Kier molecular flexibility index (Phi) is 3.26. The highest BCUT2D eigenvalue weighted by Gasteiger charge is 2.19. The van der Waals surface area contributed by atoms with Crippen LogP contribution in [-0.2, 0) is 14.2 Å². The van der Waals surface area contributed by atoms with Gasteiger partial charge in [0.25, 0.3) is 0 Å². The summed E-state index contributed by atoms with van der Waals surface area (Å²) in [6.07, 6.45) is 2.77. The third-order valence-corrected chi connectivity index (χ3v) is 1.96. The summed E-state index contributed by atoms with van der Waals surface area (Å²) in [7, 11) is 0. The van der Waals surface area contributed by atoms with Gasteiger partial charge in [0.1, 0.15) is 12.9 Å². The smallest absolute Gasteiger partial charge is 0.338 e. The summed E-state index contributed by atoms with van der Waals surface area (Å²) in [5.74, 6) is -0.378. The van der Waals surface area contributed by atoms with Crippen molar-refractivity contribution in [1.29, 1.82) is 0 Å². The van der Waals surface area contributed by atoms with E-state index in [-0.39, 0.29) is 18.9 Å². The fourth-order valence-corrected chi connectivity index (χ4v) is 1.24. The normalized spacial score (nSPS) is 17.3. The van der Waals surface area contributed by atoms with Gasteiger partial charge in [-0.3, -0.25) is 4.98 Å². The summed E-state index contributed by atoms with van der Waals surface area (Å²) >= 11 is 0. The maximum absolute atomic E-state index is 11.6. The molecule has 1 aromatic heterocycles. The fourth-order valence-electron chi connectivity index (χ4n) is 1.24. The van der Waals surface area contributed by atoms with Crippen molar-refractivity contribution >= 4 is 5.97 Å². The van der Waals surface area contributed by atoms with E-state index in [4.69, 9.17) is 14.2 Å². The molecule has 5 heteroatoms. The molecule has 15 heavy (non-hydrogen) atoms. The van der Waals surface area contributed by atoms with Gasteiger partial charge in [-0.25, -0.2) is 4.79 Å². The number of esters is 1. The third-order valence-electron chi connectivity index (χ3n) is 1.96. The Morgan fingerprint density at radius 3 is 2.67 bits per heavy atom. The monoisotopic (exact) mass is 209 g/mol. The van der Waals surface area contributed by atoms with Gasteiger partial charge >= 0.3 is 5.97 Å². The Morgan fingerprint density at radius 2 is 2.00 bits per heavy atom. The Bertz CT molecular complexity index is 321. The molecule has 0 unspecified atom stereocenters. The van der Waals surface area contributed by atoms with Gasteiger partial charge < -0.3 is 14.2 Å². The van der Waals surface area contributed by atoms with Crippen LogP contribution in [0.3, 0.4) is 0 Å². The lowest BCUT2D eigenvalue weighted by Crippen LogP contribution is -2.33. The van der Waals surface area contributed by atoms with Crippen LogP contribution in [0, 0.1) is 0 Å². The highest BCUT2D eigenvalue weighted by molar-refractivity contribution is 5.89. The molecule has 80 valence electrons. The minimum absolute atomic E-state index is 0.267. The first-order chi connectivity index (χ1) is 7.36. The number of pyridine rings is 1. The predicted octanol–water partition coefficient (Wildman–Crippen LogP) is 0.611. The molecular weight excluding hydrogens is 198 g/mol. The van der Waals surface area contributed by atoms with Crippen molar-refractivity contribution in [3.63, 3.8) is 0 Å². The number of hydrogen-bond acceptors (Lipinski definition) is 5. The van der Waals surface area contributed by atoms with Crippen LogP contribution < -0.4 is 0 Å². The van der Waals surface area contributed by atoms with Gasteiger partial charge in [0, 0.05) is 12.4 Å². The molecule has 1 aromatic rings. The summed E-state index contributed by atoms with van der Waals surface area (Å²) in [6, 6.07) is 3.21. The molecule has 0 amide bonds. The van der Waals surface area contributed by atoms with Crippen molar-refractivity contribution in [2.75, 3.05) is 20.0 Å². The van der Waals surface area contributed by atoms with Gasteiger partial charge in [-0.1, -0.05) is 0 Å². The van der Waals surface area contributed by atoms with Gasteiger partial charge in [-0.15, -0.1) is 0 Å². The van der Waals surface area contributed by atoms with Crippen molar-refractivity contribution < 1.29 is 19.0 Å². The van der Waals surface area contributed by atoms with E-state index in [1.165, 1.54) is 0 Å². The zero-order valence-corrected chi connectivity index (χ0v) is 8.09. The quantitative estimate of drug-likeness (QED) is 0.668. The highest BCUT2D eigenvalue weighted by atomic mass is 16.7. The van der Waals surface area contributed by atoms with E-state index >= 15 is 0 Å². The van der Waals surface area contributed by atoms with Crippen molar-refractivity contribution in [1.82, 2.24) is 4.98 Å². The molecule has 0 saturated carbocycles. The molecule has 0 aliphatic carbocycles. The molecule has 0 N–H and O–H groups in total. The van der Waals surface area contributed by atoms with E-state index in [0.717, 1.165) is 0 Å². The third kappa shape index (κ3) is 2.74. The number of nitrogens with zero attached hydrogens (tertiary/aromatic N) is 1. The minimum Gasteiger partial charge on any atom is -0.454 e. The Balaban J connectivity index is 1.91. The molecule has 1 saturated heterocycles. The zero-order chi connectivity index (χ0) is 10.5. The van der Waals surface area contributed by atoms with Crippen LogP contribution >= 0.6 is 0 Å².